The zero-order valence-electron chi connectivity index (χ0n) is 14.5. The van der Waals surface area contributed by atoms with Gasteiger partial charge in [-0.25, -0.2) is 14.2 Å². The Hall–Kier alpha value is -3.86. The first-order valence-electron chi connectivity index (χ1n) is 7.50. The Kier molecular flexibility index (Phi) is 5.79. The van der Waals surface area contributed by atoms with Crippen molar-refractivity contribution in [3.8, 4) is 0 Å². The summed E-state index contributed by atoms with van der Waals surface area (Å²) in [6, 6.07) is -1.94. The molecule has 17 heteroatoms. The van der Waals surface area contributed by atoms with E-state index in [0.717, 1.165) is 23.1 Å². The van der Waals surface area contributed by atoms with E-state index in [1.54, 1.807) is 13.8 Å². The van der Waals surface area contributed by atoms with Crippen molar-refractivity contribution in [1.82, 2.24) is 40.1 Å². The van der Waals surface area contributed by atoms with Crippen LogP contribution in [0, 0.1) is 13.8 Å². The molecule has 150 valence electrons. The average molecular weight is 438 g/mol. The molecule has 0 aliphatic heterocycles. The molecule has 0 aliphatic rings. The third-order valence-electron chi connectivity index (χ3n) is 3.12. The molecule has 15 nitrogen and oxygen atoms in total. The standard InChI is InChI=1S/C12H10N10O5S2/c1-3-5(28-21-17-3)9(23)15-11(25)13-7-8(20-27-19-7)14-12(26)16-10(24)6-4(2)18-22-29-6/h1-2H3,(H2,13,15,19,23,25)(H2,14,16,20,24,26). The molecule has 0 saturated carbocycles. The van der Waals surface area contributed by atoms with E-state index in [4.69, 9.17) is 0 Å². The van der Waals surface area contributed by atoms with Crippen LogP contribution in [-0.4, -0.2) is 53.4 Å². The maximum absolute atomic E-state index is 12.0. The number of imide groups is 2. The van der Waals surface area contributed by atoms with Crippen LogP contribution < -0.4 is 21.3 Å². The number of hydrogen-bond donors (Lipinski definition) is 4. The molecular formula is C12H10N10O5S2. The lowest BCUT2D eigenvalue weighted by Gasteiger charge is -2.06. The van der Waals surface area contributed by atoms with E-state index in [1.807, 2.05) is 10.6 Å². The number of amides is 6. The number of aryl methyl sites for hydroxylation is 2. The van der Waals surface area contributed by atoms with Crippen LogP contribution >= 0.6 is 23.1 Å². The van der Waals surface area contributed by atoms with Crippen molar-refractivity contribution in [1.29, 1.82) is 0 Å². The molecule has 0 atom stereocenters. The molecule has 4 N–H and O–H groups in total. The quantitative estimate of drug-likeness (QED) is 0.436. The summed E-state index contributed by atoms with van der Waals surface area (Å²) < 4.78 is 11.6. The predicted molar refractivity (Wildman–Crippen MR) is 96.6 cm³/mol. The van der Waals surface area contributed by atoms with Crippen LogP contribution in [-0.2, 0) is 0 Å². The first-order chi connectivity index (χ1) is 13.8. The van der Waals surface area contributed by atoms with Gasteiger partial charge < -0.3 is 0 Å². The third-order valence-corrected chi connectivity index (χ3v) is 4.78. The number of rotatable bonds is 4. The van der Waals surface area contributed by atoms with E-state index < -0.39 is 23.9 Å². The second-order valence-electron chi connectivity index (χ2n) is 5.15. The van der Waals surface area contributed by atoms with Crippen molar-refractivity contribution >= 4 is 58.6 Å². The predicted octanol–water partition coefficient (Wildman–Crippen LogP) is 0.313. The van der Waals surface area contributed by atoms with Gasteiger partial charge in [0, 0.05) is 0 Å². The van der Waals surface area contributed by atoms with Crippen LogP contribution in [0.2, 0.25) is 0 Å². The average Bonchev–Trinajstić information content (AvgIpc) is 3.37. The fourth-order valence-corrected chi connectivity index (χ4v) is 2.93. The fourth-order valence-electron chi connectivity index (χ4n) is 1.83. The van der Waals surface area contributed by atoms with Crippen molar-refractivity contribution in [3.05, 3.63) is 21.1 Å². The molecule has 3 aromatic rings. The Morgan fingerprint density at radius 3 is 1.52 bits per heavy atom. The number of urea groups is 2. The second kappa shape index (κ2) is 8.44. The molecule has 29 heavy (non-hydrogen) atoms. The van der Waals surface area contributed by atoms with Gasteiger partial charge in [0.15, 0.2) is 0 Å². The van der Waals surface area contributed by atoms with Crippen LogP contribution in [0.3, 0.4) is 0 Å². The topological polar surface area (TPSA) is 207 Å². The Labute approximate surface area is 168 Å². The van der Waals surface area contributed by atoms with Gasteiger partial charge >= 0.3 is 12.1 Å². The van der Waals surface area contributed by atoms with E-state index in [2.05, 4.69) is 44.7 Å². The highest BCUT2D eigenvalue weighted by atomic mass is 32.1. The molecule has 6 amide bonds. The zero-order valence-corrected chi connectivity index (χ0v) is 16.2. The SMILES string of the molecule is Cc1nnsc1C(=O)NC(=O)Nc1nonc1NC(=O)NC(=O)c1snnc1C. The van der Waals surface area contributed by atoms with Gasteiger partial charge in [0.2, 0.25) is 11.6 Å². The lowest BCUT2D eigenvalue weighted by molar-refractivity contribution is 0.0960. The van der Waals surface area contributed by atoms with Gasteiger partial charge in [0.05, 0.1) is 11.4 Å². The number of hydrogen-bond acceptors (Lipinski definition) is 13. The summed E-state index contributed by atoms with van der Waals surface area (Å²) in [6.45, 7) is 3.12. The maximum Gasteiger partial charge on any atom is 0.327 e. The molecule has 0 saturated heterocycles. The van der Waals surface area contributed by atoms with Crippen LogP contribution in [0.1, 0.15) is 30.7 Å². The van der Waals surface area contributed by atoms with E-state index in [1.165, 1.54) is 0 Å². The van der Waals surface area contributed by atoms with Gasteiger partial charge in [-0.1, -0.05) is 8.98 Å². The Bertz CT molecular complexity index is 1010. The first-order valence-corrected chi connectivity index (χ1v) is 9.05. The van der Waals surface area contributed by atoms with Crippen molar-refractivity contribution in [2.45, 2.75) is 13.8 Å². The number of nitrogens with one attached hydrogen (secondary N) is 4. The number of carbonyl (C=O) groups is 4. The summed E-state index contributed by atoms with van der Waals surface area (Å²) in [6.07, 6.45) is 0. The smallest absolute Gasteiger partial charge is 0.286 e. The van der Waals surface area contributed by atoms with Gasteiger partial charge in [-0.3, -0.25) is 30.9 Å². The zero-order chi connectivity index (χ0) is 21.0. The molecule has 0 spiro atoms. The number of anilines is 2. The van der Waals surface area contributed by atoms with Crippen molar-refractivity contribution in [2.75, 3.05) is 10.6 Å². The van der Waals surface area contributed by atoms with Crippen LogP contribution in [0.5, 0.6) is 0 Å². The molecule has 0 bridgehead atoms. The molecule has 0 fully saturated rings. The molecule has 0 unspecified atom stereocenters. The van der Waals surface area contributed by atoms with Gasteiger partial charge in [-0.2, -0.15) is 0 Å². The monoisotopic (exact) mass is 438 g/mol. The number of carbonyl (C=O) groups excluding carboxylic acids is 4. The molecular weight excluding hydrogens is 428 g/mol. The van der Waals surface area contributed by atoms with E-state index in [0.29, 0.717) is 11.4 Å². The third kappa shape index (κ3) is 4.71. The van der Waals surface area contributed by atoms with Crippen LogP contribution in [0.4, 0.5) is 21.2 Å². The van der Waals surface area contributed by atoms with Crippen molar-refractivity contribution in [2.24, 2.45) is 0 Å². The van der Waals surface area contributed by atoms with E-state index in [-0.39, 0.29) is 21.4 Å². The lowest BCUT2D eigenvalue weighted by atomic mass is 10.4. The lowest BCUT2D eigenvalue weighted by Crippen LogP contribution is -2.36. The molecule has 3 aromatic heterocycles. The van der Waals surface area contributed by atoms with Crippen molar-refractivity contribution < 1.29 is 23.8 Å². The van der Waals surface area contributed by atoms with Crippen LogP contribution in [0.25, 0.3) is 0 Å². The molecule has 3 rings (SSSR count). The normalized spacial score (nSPS) is 10.3. The summed E-state index contributed by atoms with van der Waals surface area (Å²) in [4.78, 5) is 48.1. The van der Waals surface area contributed by atoms with E-state index in [9.17, 15) is 19.2 Å². The van der Waals surface area contributed by atoms with Gasteiger partial charge in [0.25, 0.3) is 11.8 Å². The van der Waals surface area contributed by atoms with Gasteiger partial charge in [-0.05, 0) is 47.2 Å². The number of nitrogens with zero attached hydrogens (tertiary/aromatic N) is 6. The first kappa shape index (κ1) is 19.9. The largest absolute Gasteiger partial charge is 0.327 e. The summed E-state index contributed by atoms with van der Waals surface area (Å²) in [5.41, 5.74) is 0.719. The van der Waals surface area contributed by atoms with Gasteiger partial charge in [-0.15, -0.1) is 10.2 Å². The second-order valence-corrected chi connectivity index (χ2v) is 6.66. The number of aromatic nitrogens is 6. The highest BCUT2D eigenvalue weighted by Gasteiger charge is 2.21. The molecule has 0 aliphatic carbocycles. The maximum atomic E-state index is 12.0. The summed E-state index contributed by atoms with van der Waals surface area (Å²) in [7, 11) is 0. The summed E-state index contributed by atoms with van der Waals surface area (Å²) in [5.74, 6) is -2.05. The Morgan fingerprint density at radius 2 is 1.17 bits per heavy atom. The minimum Gasteiger partial charge on any atom is -0.286 e. The summed E-state index contributed by atoms with van der Waals surface area (Å²) >= 11 is 1.64. The molecule has 0 aromatic carbocycles. The van der Waals surface area contributed by atoms with Gasteiger partial charge in [0.1, 0.15) is 9.75 Å². The Morgan fingerprint density at radius 1 is 0.759 bits per heavy atom. The minimum atomic E-state index is -0.968. The summed E-state index contributed by atoms with van der Waals surface area (Å²) in [5, 5.41) is 22.6. The highest BCUT2D eigenvalue weighted by Crippen LogP contribution is 2.16. The minimum absolute atomic E-state index is 0.155. The van der Waals surface area contributed by atoms with Crippen molar-refractivity contribution in [3.63, 3.8) is 0 Å². The fraction of sp³-hybridized carbons (Fsp3) is 0.167. The molecule has 0 radical (unpaired) electrons. The molecule has 3 heterocycles. The Balaban J connectivity index is 1.57. The van der Waals surface area contributed by atoms with Crippen LogP contribution in [0.15, 0.2) is 4.63 Å². The highest BCUT2D eigenvalue weighted by molar-refractivity contribution is 7.08. The van der Waals surface area contributed by atoms with E-state index >= 15 is 0 Å².